The Balaban J connectivity index is 1.82. The van der Waals surface area contributed by atoms with Gasteiger partial charge in [0.2, 0.25) is 0 Å². The van der Waals surface area contributed by atoms with Crippen LogP contribution >= 0.6 is 22.9 Å². The summed E-state index contributed by atoms with van der Waals surface area (Å²) in [5, 5.41) is 4.16. The van der Waals surface area contributed by atoms with Gasteiger partial charge in [-0.1, -0.05) is 32.4 Å². The molecule has 0 bridgehead atoms. The van der Waals surface area contributed by atoms with Crippen LogP contribution in [0.3, 0.4) is 0 Å². The summed E-state index contributed by atoms with van der Waals surface area (Å²) in [6, 6.07) is 3.63. The fraction of sp³-hybridized carbons (Fsp3) is 0.520. The zero-order valence-corrected chi connectivity index (χ0v) is 21.4. The molecule has 0 aliphatic heterocycles. The van der Waals surface area contributed by atoms with Crippen molar-refractivity contribution < 1.29 is 19.1 Å². The SMILES string of the molecule is COC(=O)c1c(NC(=O)C(C)Oc2cc(C)c(Cl)c(C)c2)sc2c1CCC(C(C)(C)C)C2. The van der Waals surface area contributed by atoms with E-state index in [1.807, 2.05) is 26.0 Å². The quantitative estimate of drug-likeness (QED) is 0.508. The maximum absolute atomic E-state index is 12.9. The van der Waals surface area contributed by atoms with Crippen molar-refractivity contribution in [2.24, 2.45) is 11.3 Å². The Morgan fingerprint density at radius 1 is 1.22 bits per heavy atom. The fourth-order valence-electron chi connectivity index (χ4n) is 4.18. The molecule has 0 fully saturated rings. The molecule has 1 aromatic carbocycles. The minimum Gasteiger partial charge on any atom is -0.481 e. The first kappa shape index (κ1) is 24.6. The van der Waals surface area contributed by atoms with Crippen LogP contribution in [0.2, 0.25) is 5.02 Å². The van der Waals surface area contributed by atoms with Crippen molar-refractivity contribution in [2.45, 2.75) is 66.9 Å². The van der Waals surface area contributed by atoms with E-state index >= 15 is 0 Å². The molecule has 1 amide bonds. The van der Waals surface area contributed by atoms with Gasteiger partial charge in [0.05, 0.1) is 12.7 Å². The number of fused-ring (bicyclic) bond motifs is 1. The van der Waals surface area contributed by atoms with Gasteiger partial charge in [-0.25, -0.2) is 4.79 Å². The number of benzene rings is 1. The number of esters is 1. The molecule has 0 spiro atoms. The number of hydrogen-bond donors (Lipinski definition) is 1. The largest absolute Gasteiger partial charge is 0.481 e. The normalized spacial score (nSPS) is 16.8. The molecule has 0 saturated heterocycles. The van der Waals surface area contributed by atoms with Gasteiger partial charge < -0.3 is 14.8 Å². The summed E-state index contributed by atoms with van der Waals surface area (Å²) in [5.74, 6) is 0.385. The Kier molecular flexibility index (Phi) is 7.25. The number of hydrogen-bond acceptors (Lipinski definition) is 5. The van der Waals surface area contributed by atoms with Crippen molar-refractivity contribution in [1.82, 2.24) is 0 Å². The molecule has 1 heterocycles. The lowest BCUT2D eigenvalue weighted by Crippen LogP contribution is -2.30. The van der Waals surface area contributed by atoms with Crippen molar-refractivity contribution in [3.05, 3.63) is 44.3 Å². The Bertz CT molecular complexity index is 1010. The molecule has 2 aromatic rings. The fourth-order valence-corrected chi connectivity index (χ4v) is 5.60. The maximum atomic E-state index is 12.9. The Labute approximate surface area is 199 Å². The second-order valence-electron chi connectivity index (χ2n) is 9.63. The van der Waals surface area contributed by atoms with Crippen molar-refractivity contribution in [2.75, 3.05) is 12.4 Å². The summed E-state index contributed by atoms with van der Waals surface area (Å²) >= 11 is 7.71. The van der Waals surface area contributed by atoms with E-state index in [0.29, 0.717) is 27.3 Å². The molecule has 0 radical (unpaired) electrons. The molecule has 3 rings (SSSR count). The number of methoxy groups -OCH3 is 1. The van der Waals surface area contributed by atoms with E-state index in [1.54, 1.807) is 6.92 Å². The number of aryl methyl sites for hydroxylation is 2. The average Bonchev–Trinajstić information content (AvgIpc) is 3.07. The molecule has 1 aliphatic carbocycles. The number of carbonyl (C=O) groups is 2. The van der Waals surface area contributed by atoms with E-state index in [9.17, 15) is 9.59 Å². The number of halogens is 1. The lowest BCUT2D eigenvalue weighted by molar-refractivity contribution is -0.122. The Morgan fingerprint density at radius 2 is 1.84 bits per heavy atom. The summed E-state index contributed by atoms with van der Waals surface area (Å²) in [5.41, 5.74) is 3.46. The van der Waals surface area contributed by atoms with Crippen molar-refractivity contribution in [3.63, 3.8) is 0 Å². The van der Waals surface area contributed by atoms with Gasteiger partial charge in [-0.15, -0.1) is 11.3 Å². The zero-order chi connectivity index (χ0) is 23.8. The topological polar surface area (TPSA) is 64.6 Å². The van der Waals surface area contributed by atoms with Crippen LogP contribution in [-0.4, -0.2) is 25.1 Å². The van der Waals surface area contributed by atoms with Crippen molar-refractivity contribution >= 4 is 39.8 Å². The van der Waals surface area contributed by atoms with Crippen molar-refractivity contribution in [1.29, 1.82) is 0 Å². The third kappa shape index (κ3) is 5.12. The molecule has 7 heteroatoms. The van der Waals surface area contributed by atoms with Crippen LogP contribution in [0.25, 0.3) is 0 Å². The lowest BCUT2D eigenvalue weighted by Gasteiger charge is -2.33. The molecule has 5 nitrogen and oxygen atoms in total. The smallest absolute Gasteiger partial charge is 0.341 e. The first-order valence-electron chi connectivity index (χ1n) is 10.9. The summed E-state index contributed by atoms with van der Waals surface area (Å²) < 4.78 is 10.9. The second-order valence-corrected chi connectivity index (χ2v) is 11.1. The van der Waals surface area contributed by atoms with Gasteiger partial charge in [0.25, 0.3) is 5.91 Å². The number of ether oxygens (including phenoxy) is 2. The van der Waals surface area contributed by atoms with E-state index in [0.717, 1.165) is 40.8 Å². The van der Waals surface area contributed by atoms with Crippen LogP contribution in [-0.2, 0) is 22.4 Å². The summed E-state index contributed by atoms with van der Waals surface area (Å²) in [4.78, 5) is 26.7. The van der Waals surface area contributed by atoms with Gasteiger partial charge in [0.15, 0.2) is 6.10 Å². The van der Waals surface area contributed by atoms with Gasteiger partial charge in [-0.2, -0.15) is 0 Å². The van der Waals surface area contributed by atoms with Crippen molar-refractivity contribution in [3.8, 4) is 5.75 Å². The van der Waals surface area contributed by atoms with E-state index in [4.69, 9.17) is 21.1 Å². The summed E-state index contributed by atoms with van der Waals surface area (Å²) in [6.45, 7) is 12.2. The minimum absolute atomic E-state index is 0.188. The molecular formula is C25H32ClNO4S. The standard InChI is InChI=1S/C25H32ClNO4S/c1-13-10-17(11-14(2)21(13)26)31-15(3)22(28)27-23-20(24(29)30-7)18-9-8-16(25(4,5)6)12-19(18)32-23/h10-11,15-16H,8-9,12H2,1-7H3,(H,27,28). The monoisotopic (exact) mass is 477 g/mol. The number of rotatable bonds is 5. The third-order valence-corrected chi connectivity index (χ3v) is 7.97. The molecule has 1 N–H and O–H groups in total. The molecule has 1 aliphatic rings. The maximum Gasteiger partial charge on any atom is 0.341 e. The van der Waals surface area contributed by atoms with Crippen LogP contribution < -0.4 is 10.1 Å². The first-order chi connectivity index (χ1) is 14.9. The molecule has 174 valence electrons. The van der Waals surface area contributed by atoms with Gasteiger partial charge in [0.1, 0.15) is 10.8 Å². The highest BCUT2D eigenvalue weighted by atomic mass is 35.5. The highest BCUT2D eigenvalue weighted by Crippen LogP contribution is 2.44. The van der Waals surface area contributed by atoms with Gasteiger partial charge in [0, 0.05) is 9.90 Å². The second kappa shape index (κ2) is 9.44. The predicted octanol–water partition coefficient (Wildman–Crippen LogP) is 6.36. The molecule has 0 saturated carbocycles. The summed E-state index contributed by atoms with van der Waals surface area (Å²) in [7, 11) is 1.37. The number of nitrogens with one attached hydrogen (secondary N) is 1. The molecule has 1 aromatic heterocycles. The van der Waals surface area contributed by atoms with E-state index < -0.39 is 12.1 Å². The van der Waals surface area contributed by atoms with E-state index in [-0.39, 0.29) is 11.3 Å². The van der Waals surface area contributed by atoms with Crippen LogP contribution in [0, 0.1) is 25.2 Å². The van der Waals surface area contributed by atoms with Gasteiger partial charge in [-0.05, 0) is 80.2 Å². The van der Waals surface area contributed by atoms with Crippen LogP contribution in [0.5, 0.6) is 5.75 Å². The molecule has 2 unspecified atom stereocenters. The molecule has 2 atom stereocenters. The Morgan fingerprint density at radius 3 is 2.41 bits per heavy atom. The molecular weight excluding hydrogens is 446 g/mol. The van der Waals surface area contributed by atoms with Gasteiger partial charge >= 0.3 is 5.97 Å². The number of thiophene rings is 1. The number of carbonyl (C=O) groups excluding carboxylic acids is 2. The zero-order valence-electron chi connectivity index (χ0n) is 19.8. The Hall–Kier alpha value is -2.05. The van der Waals surface area contributed by atoms with Gasteiger partial charge in [-0.3, -0.25) is 4.79 Å². The van der Waals surface area contributed by atoms with E-state index in [1.165, 1.54) is 18.4 Å². The summed E-state index contributed by atoms with van der Waals surface area (Å²) in [6.07, 6.45) is 1.98. The predicted molar refractivity (Wildman–Crippen MR) is 130 cm³/mol. The average molecular weight is 478 g/mol. The lowest BCUT2D eigenvalue weighted by atomic mass is 9.72. The van der Waals surface area contributed by atoms with Crippen LogP contribution in [0.4, 0.5) is 5.00 Å². The number of anilines is 1. The van der Waals surface area contributed by atoms with Crippen LogP contribution in [0.15, 0.2) is 12.1 Å². The third-order valence-electron chi connectivity index (χ3n) is 6.21. The minimum atomic E-state index is -0.748. The highest BCUT2D eigenvalue weighted by Gasteiger charge is 2.34. The highest BCUT2D eigenvalue weighted by molar-refractivity contribution is 7.17. The first-order valence-corrected chi connectivity index (χ1v) is 12.1. The number of amides is 1. The van der Waals surface area contributed by atoms with E-state index in [2.05, 4.69) is 26.1 Å². The molecule has 32 heavy (non-hydrogen) atoms. The van der Waals surface area contributed by atoms with Crippen LogP contribution in [0.1, 0.15) is 66.0 Å².